The molecule has 0 aliphatic carbocycles. The van der Waals surface area contributed by atoms with Crippen LogP contribution in [0.2, 0.25) is 0 Å². The lowest BCUT2D eigenvalue weighted by Gasteiger charge is -2.41. The number of ether oxygens (including phenoxy) is 2. The maximum Gasteiger partial charge on any atom is 0.186 e. The van der Waals surface area contributed by atoms with E-state index < -0.39 is 37.3 Å². The van der Waals surface area contributed by atoms with Gasteiger partial charge in [0, 0.05) is 0 Å². The van der Waals surface area contributed by atoms with E-state index in [0.29, 0.717) is 0 Å². The van der Waals surface area contributed by atoms with Gasteiger partial charge >= 0.3 is 0 Å². The van der Waals surface area contributed by atoms with Crippen molar-refractivity contribution in [3.8, 4) is 0 Å². The second kappa shape index (κ2) is 10.5. The Balaban J connectivity index is 2.54. The van der Waals surface area contributed by atoms with Gasteiger partial charge in [-0.25, -0.2) is 0 Å². The first-order valence-electron chi connectivity index (χ1n) is 8.51. The van der Waals surface area contributed by atoms with E-state index in [-0.39, 0.29) is 6.10 Å². The fourth-order valence-corrected chi connectivity index (χ4v) is 2.77. The molecule has 0 radical (unpaired) electrons. The van der Waals surface area contributed by atoms with Crippen molar-refractivity contribution in [2.24, 2.45) is 0 Å². The summed E-state index contributed by atoms with van der Waals surface area (Å²) >= 11 is 0. The summed E-state index contributed by atoms with van der Waals surface area (Å²) in [5.74, 6) is 0. The number of rotatable bonds is 10. The molecule has 1 rings (SSSR count). The minimum absolute atomic E-state index is 0.0525. The normalized spacial score (nSPS) is 33.8. The second-order valence-electron chi connectivity index (χ2n) is 6.09. The summed E-state index contributed by atoms with van der Waals surface area (Å²) in [5.41, 5.74) is 0. The molecule has 0 bridgehead atoms. The van der Waals surface area contributed by atoms with Crippen LogP contribution in [0.15, 0.2) is 0 Å². The Labute approximate surface area is 133 Å². The summed E-state index contributed by atoms with van der Waals surface area (Å²) in [5, 5.41) is 38.7. The minimum atomic E-state index is -1.38. The van der Waals surface area contributed by atoms with Crippen LogP contribution in [0.4, 0.5) is 0 Å². The highest BCUT2D eigenvalue weighted by atomic mass is 16.7. The van der Waals surface area contributed by atoms with Crippen molar-refractivity contribution < 1.29 is 29.9 Å². The highest BCUT2D eigenvalue weighted by Crippen LogP contribution is 2.25. The van der Waals surface area contributed by atoms with Gasteiger partial charge in [-0.1, -0.05) is 46.0 Å². The van der Waals surface area contributed by atoms with Crippen LogP contribution < -0.4 is 0 Å². The molecular weight excluding hydrogens is 288 g/mol. The lowest BCUT2D eigenvalue weighted by atomic mass is 9.99. The van der Waals surface area contributed by atoms with Crippen molar-refractivity contribution in [2.75, 3.05) is 6.61 Å². The molecular formula is C16H32O6. The second-order valence-corrected chi connectivity index (χ2v) is 6.09. The molecule has 6 atom stereocenters. The third-order valence-corrected chi connectivity index (χ3v) is 4.17. The zero-order valence-corrected chi connectivity index (χ0v) is 13.7. The summed E-state index contributed by atoms with van der Waals surface area (Å²) < 4.78 is 11.2. The van der Waals surface area contributed by atoms with E-state index in [9.17, 15) is 20.4 Å². The molecule has 0 amide bonds. The van der Waals surface area contributed by atoms with Crippen molar-refractivity contribution in [1.82, 2.24) is 0 Å². The Kier molecular flexibility index (Phi) is 9.47. The molecule has 1 heterocycles. The quantitative estimate of drug-likeness (QED) is 0.447. The maximum atomic E-state index is 10.0. The van der Waals surface area contributed by atoms with E-state index in [4.69, 9.17) is 9.47 Å². The Morgan fingerprint density at radius 2 is 1.64 bits per heavy atom. The van der Waals surface area contributed by atoms with Gasteiger partial charge in [0.05, 0.1) is 12.7 Å². The van der Waals surface area contributed by atoms with E-state index in [2.05, 4.69) is 13.8 Å². The highest BCUT2D eigenvalue weighted by molar-refractivity contribution is 4.89. The van der Waals surface area contributed by atoms with Crippen LogP contribution in [0.25, 0.3) is 0 Å². The van der Waals surface area contributed by atoms with E-state index >= 15 is 0 Å². The molecule has 0 aromatic heterocycles. The molecule has 0 aromatic rings. The SMILES string of the molecule is CCCCCCC(CCC)O[C@@H]1O[C@H](CO)[C@@H](O)[C@H](O)[C@H]1O. The summed E-state index contributed by atoms with van der Waals surface area (Å²) in [6.45, 7) is 3.80. The average Bonchev–Trinajstić information content (AvgIpc) is 2.52. The molecule has 1 saturated heterocycles. The molecule has 22 heavy (non-hydrogen) atoms. The summed E-state index contributed by atoms with van der Waals surface area (Å²) in [7, 11) is 0. The number of hydrogen-bond donors (Lipinski definition) is 4. The van der Waals surface area contributed by atoms with Crippen LogP contribution in [-0.4, -0.2) is 63.8 Å². The van der Waals surface area contributed by atoms with Gasteiger partial charge in [-0.3, -0.25) is 0 Å². The molecule has 1 aliphatic rings. The van der Waals surface area contributed by atoms with Gasteiger partial charge in [0.1, 0.15) is 24.4 Å². The third kappa shape index (κ3) is 5.76. The van der Waals surface area contributed by atoms with Crippen LogP contribution in [0.1, 0.15) is 58.8 Å². The monoisotopic (exact) mass is 320 g/mol. The van der Waals surface area contributed by atoms with Crippen LogP contribution in [0, 0.1) is 0 Å². The van der Waals surface area contributed by atoms with Crippen LogP contribution in [0.3, 0.4) is 0 Å². The van der Waals surface area contributed by atoms with Crippen molar-refractivity contribution >= 4 is 0 Å². The number of hydrogen-bond acceptors (Lipinski definition) is 6. The van der Waals surface area contributed by atoms with Crippen LogP contribution in [-0.2, 0) is 9.47 Å². The molecule has 0 aromatic carbocycles. The fourth-order valence-electron chi connectivity index (χ4n) is 2.77. The van der Waals surface area contributed by atoms with E-state index in [0.717, 1.165) is 32.1 Å². The average molecular weight is 320 g/mol. The summed E-state index contributed by atoms with van der Waals surface area (Å²) in [4.78, 5) is 0. The lowest BCUT2D eigenvalue weighted by Crippen LogP contribution is -2.59. The van der Waals surface area contributed by atoms with Crippen LogP contribution in [0.5, 0.6) is 0 Å². The van der Waals surface area contributed by atoms with Crippen molar-refractivity contribution in [3.63, 3.8) is 0 Å². The molecule has 6 nitrogen and oxygen atoms in total. The smallest absolute Gasteiger partial charge is 0.186 e. The van der Waals surface area contributed by atoms with Crippen LogP contribution >= 0.6 is 0 Å². The molecule has 132 valence electrons. The van der Waals surface area contributed by atoms with Crippen molar-refractivity contribution in [2.45, 2.75) is 95.6 Å². The van der Waals surface area contributed by atoms with Gasteiger partial charge in [0.15, 0.2) is 6.29 Å². The summed E-state index contributed by atoms with van der Waals surface area (Å²) in [6, 6.07) is 0. The zero-order valence-electron chi connectivity index (χ0n) is 13.7. The Hall–Kier alpha value is -0.240. The van der Waals surface area contributed by atoms with Gasteiger partial charge in [-0.05, 0) is 12.8 Å². The van der Waals surface area contributed by atoms with E-state index in [1.807, 2.05) is 0 Å². The van der Waals surface area contributed by atoms with E-state index in [1.165, 1.54) is 12.8 Å². The largest absolute Gasteiger partial charge is 0.394 e. The van der Waals surface area contributed by atoms with Crippen molar-refractivity contribution in [1.29, 1.82) is 0 Å². The number of unbranched alkanes of at least 4 members (excludes halogenated alkanes) is 3. The van der Waals surface area contributed by atoms with Gasteiger partial charge in [-0.15, -0.1) is 0 Å². The Morgan fingerprint density at radius 1 is 0.909 bits per heavy atom. The standard InChI is InChI=1S/C16H32O6/c1-3-5-6-7-9-11(8-4-2)21-16-15(20)14(19)13(18)12(10-17)22-16/h11-20H,3-10H2,1-2H3/t11?,12-,13-,14+,15-,16-/m1/s1. The first-order chi connectivity index (χ1) is 10.5. The lowest BCUT2D eigenvalue weighted by molar-refractivity contribution is -0.312. The van der Waals surface area contributed by atoms with Gasteiger partial charge < -0.3 is 29.9 Å². The van der Waals surface area contributed by atoms with Gasteiger partial charge in [-0.2, -0.15) is 0 Å². The predicted molar refractivity (Wildman–Crippen MR) is 82.3 cm³/mol. The van der Waals surface area contributed by atoms with Gasteiger partial charge in [0.2, 0.25) is 0 Å². The molecule has 4 N–H and O–H groups in total. The topological polar surface area (TPSA) is 99.4 Å². The zero-order chi connectivity index (χ0) is 16.5. The molecule has 1 unspecified atom stereocenters. The molecule has 6 heteroatoms. The fraction of sp³-hybridized carbons (Fsp3) is 1.00. The van der Waals surface area contributed by atoms with Gasteiger partial charge in [0.25, 0.3) is 0 Å². The number of aliphatic hydroxyl groups is 4. The molecule has 1 aliphatic heterocycles. The Bertz CT molecular complexity index is 286. The summed E-state index contributed by atoms with van der Waals surface area (Å²) in [6.07, 6.45) is 1.24. The minimum Gasteiger partial charge on any atom is -0.394 e. The first-order valence-corrected chi connectivity index (χ1v) is 8.51. The molecule has 1 fully saturated rings. The van der Waals surface area contributed by atoms with Crippen molar-refractivity contribution in [3.05, 3.63) is 0 Å². The molecule has 0 spiro atoms. The molecule has 0 saturated carbocycles. The Morgan fingerprint density at radius 3 is 2.23 bits per heavy atom. The number of aliphatic hydroxyl groups excluding tert-OH is 4. The maximum absolute atomic E-state index is 10.0. The highest BCUT2D eigenvalue weighted by Gasteiger charge is 2.44. The van der Waals surface area contributed by atoms with E-state index in [1.54, 1.807) is 0 Å². The first kappa shape index (κ1) is 19.8. The third-order valence-electron chi connectivity index (χ3n) is 4.17. The predicted octanol–water partition coefficient (Wildman–Crippen LogP) is 0.942.